The highest BCUT2D eigenvalue weighted by Crippen LogP contribution is 2.13. The summed E-state index contributed by atoms with van der Waals surface area (Å²) in [5.41, 5.74) is 8.39. The zero-order valence-corrected chi connectivity index (χ0v) is 14.3. The smallest absolute Gasteiger partial charge is 0.434 e. The van der Waals surface area contributed by atoms with Gasteiger partial charge < -0.3 is 15.2 Å². The first kappa shape index (κ1) is 18.7. The number of nitrogens with zero attached hydrogens (tertiary/aromatic N) is 1. The van der Waals surface area contributed by atoms with E-state index in [1.165, 1.54) is 17.3 Å². The highest BCUT2D eigenvalue weighted by Gasteiger charge is 2.13. The molecule has 0 spiro atoms. The van der Waals surface area contributed by atoms with Gasteiger partial charge in [-0.15, -0.1) is 0 Å². The molecule has 0 aliphatic heterocycles. The summed E-state index contributed by atoms with van der Waals surface area (Å²) in [6, 6.07) is 16.2. The Balaban J connectivity index is 1.94. The Morgan fingerprint density at radius 1 is 1.00 bits per heavy atom. The molecule has 7 heteroatoms. The molecule has 0 aliphatic carbocycles. The quantitative estimate of drug-likeness (QED) is 0.353. The molecule has 2 aromatic carbocycles. The second-order valence-electron chi connectivity index (χ2n) is 4.84. The largest absolute Gasteiger partial charge is 0.457 e. The fourth-order valence-electron chi connectivity index (χ4n) is 1.95. The van der Waals surface area contributed by atoms with Crippen molar-refractivity contribution in [2.75, 3.05) is 5.88 Å². The van der Waals surface area contributed by atoms with E-state index in [9.17, 15) is 9.59 Å². The van der Waals surface area contributed by atoms with Gasteiger partial charge in [0.1, 0.15) is 13.2 Å². The first-order valence-corrected chi connectivity index (χ1v) is 8.55. The van der Waals surface area contributed by atoms with E-state index in [-0.39, 0.29) is 13.2 Å². The Morgan fingerprint density at radius 2 is 1.72 bits per heavy atom. The SMILES string of the molecule is NCS/C=N/C(=O)OCc1ccccc1C(=O)OCc1ccccc1. The molecule has 25 heavy (non-hydrogen) atoms. The van der Waals surface area contributed by atoms with Crippen LogP contribution in [-0.4, -0.2) is 23.5 Å². The van der Waals surface area contributed by atoms with Crippen LogP contribution in [0.4, 0.5) is 4.79 Å². The number of esters is 1. The van der Waals surface area contributed by atoms with Crippen LogP contribution in [0.25, 0.3) is 0 Å². The highest BCUT2D eigenvalue weighted by atomic mass is 32.2. The lowest BCUT2D eigenvalue weighted by atomic mass is 10.1. The summed E-state index contributed by atoms with van der Waals surface area (Å²) in [5.74, 6) is -0.148. The number of carbonyl (C=O) groups is 2. The predicted octanol–water partition coefficient (Wildman–Crippen LogP) is 3.36. The van der Waals surface area contributed by atoms with Crippen LogP contribution in [0.15, 0.2) is 59.6 Å². The molecule has 0 aliphatic rings. The Hall–Kier alpha value is -2.64. The maximum Gasteiger partial charge on any atom is 0.434 e. The van der Waals surface area contributed by atoms with Crippen molar-refractivity contribution in [3.8, 4) is 0 Å². The van der Waals surface area contributed by atoms with Crippen LogP contribution in [0, 0.1) is 0 Å². The molecule has 6 nitrogen and oxygen atoms in total. The predicted molar refractivity (Wildman–Crippen MR) is 97.3 cm³/mol. The first-order valence-electron chi connectivity index (χ1n) is 7.50. The van der Waals surface area contributed by atoms with Crippen LogP contribution in [-0.2, 0) is 22.7 Å². The van der Waals surface area contributed by atoms with Crippen molar-refractivity contribution in [3.63, 3.8) is 0 Å². The highest BCUT2D eigenvalue weighted by molar-refractivity contribution is 8.12. The average molecular weight is 358 g/mol. The van der Waals surface area contributed by atoms with Gasteiger partial charge in [-0.1, -0.05) is 60.3 Å². The van der Waals surface area contributed by atoms with Gasteiger partial charge in [0, 0.05) is 11.4 Å². The van der Waals surface area contributed by atoms with Gasteiger partial charge in [-0.3, -0.25) is 0 Å². The van der Waals surface area contributed by atoms with Crippen molar-refractivity contribution >= 4 is 29.4 Å². The van der Waals surface area contributed by atoms with E-state index in [0.29, 0.717) is 17.0 Å². The van der Waals surface area contributed by atoms with Gasteiger partial charge in [0.2, 0.25) is 0 Å². The third kappa shape index (κ3) is 6.40. The molecule has 130 valence electrons. The second kappa shape index (κ2) is 10.3. The molecule has 0 saturated heterocycles. The number of amides is 1. The molecule has 2 aromatic rings. The van der Waals surface area contributed by atoms with Crippen molar-refractivity contribution in [1.29, 1.82) is 0 Å². The molecule has 0 fully saturated rings. The second-order valence-corrected chi connectivity index (χ2v) is 5.72. The van der Waals surface area contributed by atoms with E-state index in [0.717, 1.165) is 5.56 Å². The first-order chi connectivity index (χ1) is 12.2. The van der Waals surface area contributed by atoms with E-state index < -0.39 is 12.1 Å². The van der Waals surface area contributed by atoms with Crippen LogP contribution < -0.4 is 5.73 Å². The molecule has 0 bridgehead atoms. The number of benzene rings is 2. The fraction of sp³-hybridized carbons (Fsp3) is 0.167. The summed E-state index contributed by atoms with van der Waals surface area (Å²) in [7, 11) is 0. The topological polar surface area (TPSA) is 91.0 Å². The Labute approximate surface area is 150 Å². The standard InChI is InChI=1S/C18H18N2O4S/c19-12-25-13-20-18(22)24-11-15-8-4-5-9-16(15)17(21)23-10-14-6-2-1-3-7-14/h1-9,13H,10-12,19H2/b20-13+. The van der Waals surface area contributed by atoms with E-state index in [1.807, 2.05) is 30.3 Å². The Morgan fingerprint density at radius 3 is 2.48 bits per heavy atom. The minimum Gasteiger partial charge on any atom is -0.457 e. The normalized spacial score (nSPS) is 10.6. The molecule has 0 heterocycles. The van der Waals surface area contributed by atoms with Gasteiger partial charge >= 0.3 is 12.1 Å². The molecular weight excluding hydrogens is 340 g/mol. The van der Waals surface area contributed by atoms with Gasteiger partial charge in [0.05, 0.1) is 11.1 Å². The van der Waals surface area contributed by atoms with E-state index in [2.05, 4.69) is 4.99 Å². The Bertz CT molecular complexity index is 735. The van der Waals surface area contributed by atoms with Gasteiger partial charge in [-0.2, -0.15) is 4.99 Å². The van der Waals surface area contributed by atoms with Crippen LogP contribution >= 0.6 is 11.8 Å². The van der Waals surface area contributed by atoms with Crippen molar-refractivity contribution in [2.45, 2.75) is 13.2 Å². The monoisotopic (exact) mass is 358 g/mol. The van der Waals surface area contributed by atoms with Crippen LogP contribution in [0.1, 0.15) is 21.5 Å². The molecule has 0 unspecified atom stereocenters. The summed E-state index contributed by atoms with van der Waals surface area (Å²) in [5, 5.41) is 0. The van der Waals surface area contributed by atoms with Gasteiger partial charge in [0.25, 0.3) is 0 Å². The minimum atomic E-state index is -0.742. The van der Waals surface area contributed by atoms with Gasteiger partial charge in [-0.05, 0) is 11.6 Å². The van der Waals surface area contributed by atoms with Gasteiger partial charge in [0.15, 0.2) is 0 Å². The lowest BCUT2D eigenvalue weighted by Crippen LogP contribution is -2.10. The zero-order valence-electron chi connectivity index (χ0n) is 13.5. The van der Waals surface area contributed by atoms with Gasteiger partial charge in [-0.25, -0.2) is 9.59 Å². The third-order valence-electron chi connectivity index (χ3n) is 3.13. The maximum atomic E-state index is 12.3. The van der Waals surface area contributed by atoms with Crippen LogP contribution in [0.2, 0.25) is 0 Å². The summed E-state index contributed by atoms with van der Waals surface area (Å²) >= 11 is 1.18. The van der Waals surface area contributed by atoms with Crippen molar-refractivity contribution in [3.05, 3.63) is 71.3 Å². The number of rotatable bonds is 7. The fourth-order valence-corrected chi connectivity index (χ4v) is 2.19. The minimum absolute atomic E-state index is 0.0694. The van der Waals surface area contributed by atoms with E-state index in [4.69, 9.17) is 15.2 Å². The molecule has 2 N–H and O–H groups in total. The van der Waals surface area contributed by atoms with E-state index >= 15 is 0 Å². The van der Waals surface area contributed by atoms with E-state index in [1.54, 1.807) is 24.3 Å². The molecule has 0 atom stereocenters. The summed E-state index contributed by atoms with van der Waals surface area (Å²) in [4.78, 5) is 27.3. The lowest BCUT2D eigenvalue weighted by Gasteiger charge is -2.09. The number of ether oxygens (including phenoxy) is 2. The van der Waals surface area contributed by atoms with Crippen molar-refractivity contribution in [1.82, 2.24) is 0 Å². The number of aliphatic imine (C=N–C) groups is 1. The number of hydrogen-bond acceptors (Lipinski definition) is 6. The zero-order chi connectivity index (χ0) is 17.9. The van der Waals surface area contributed by atoms with Crippen LogP contribution in [0.5, 0.6) is 0 Å². The Kier molecular flexibility index (Phi) is 7.68. The third-order valence-corrected chi connectivity index (χ3v) is 3.58. The maximum absolute atomic E-state index is 12.3. The number of nitrogens with two attached hydrogens (primary N) is 1. The van der Waals surface area contributed by atoms with Crippen molar-refractivity contribution in [2.24, 2.45) is 10.7 Å². The molecule has 2 rings (SSSR count). The molecule has 0 radical (unpaired) electrons. The molecular formula is C18H18N2O4S. The summed E-state index contributed by atoms with van der Waals surface area (Å²) in [6.45, 7) is 0.106. The number of hydrogen-bond donors (Lipinski definition) is 1. The molecule has 0 saturated carbocycles. The number of thioether (sulfide) groups is 1. The van der Waals surface area contributed by atoms with Crippen LogP contribution in [0.3, 0.4) is 0 Å². The molecule has 0 aromatic heterocycles. The number of carbonyl (C=O) groups excluding carboxylic acids is 2. The summed E-state index contributed by atoms with van der Waals surface area (Å²) in [6.07, 6.45) is -0.742. The summed E-state index contributed by atoms with van der Waals surface area (Å²) < 4.78 is 10.3. The molecule has 1 amide bonds. The van der Waals surface area contributed by atoms with Crippen molar-refractivity contribution < 1.29 is 19.1 Å². The lowest BCUT2D eigenvalue weighted by molar-refractivity contribution is 0.0468. The average Bonchev–Trinajstić information content (AvgIpc) is 2.66.